The molecule has 1 heterocycles. The number of guanidine groups is 1. The number of hydrogen-bond acceptors (Lipinski definition) is 3. The number of halogens is 1. The van der Waals surface area contributed by atoms with Gasteiger partial charge in [-0.1, -0.05) is 24.3 Å². The van der Waals surface area contributed by atoms with Crippen LogP contribution in [0.15, 0.2) is 41.4 Å². The predicted octanol–water partition coefficient (Wildman–Crippen LogP) is 2.38. The van der Waals surface area contributed by atoms with Crippen molar-refractivity contribution in [3.63, 3.8) is 0 Å². The molecule has 0 spiro atoms. The highest BCUT2D eigenvalue weighted by Crippen LogP contribution is 2.18. The topological polar surface area (TPSA) is 48.9 Å². The van der Waals surface area contributed by atoms with Gasteiger partial charge in [0, 0.05) is 39.0 Å². The highest BCUT2D eigenvalue weighted by molar-refractivity contribution is 14.0. The van der Waals surface area contributed by atoms with Crippen molar-refractivity contribution in [2.24, 2.45) is 4.99 Å². The van der Waals surface area contributed by atoms with Crippen LogP contribution in [0.3, 0.4) is 0 Å². The van der Waals surface area contributed by atoms with Crippen molar-refractivity contribution < 1.29 is 4.74 Å². The fourth-order valence-corrected chi connectivity index (χ4v) is 2.32. The minimum absolute atomic E-state index is 0. The fourth-order valence-electron chi connectivity index (χ4n) is 2.32. The molecule has 0 aromatic heterocycles. The van der Waals surface area contributed by atoms with Gasteiger partial charge in [-0.3, -0.25) is 0 Å². The lowest BCUT2D eigenvalue weighted by Gasteiger charge is -2.18. The van der Waals surface area contributed by atoms with Gasteiger partial charge in [-0.25, -0.2) is 4.99 Å². The minimum Gasteiger partial charge on any atom is -0.383 e. The molecule has 0 aliphatic carbocycles. The number of methoxy groups -OCH3 is 1. The standard InChI is InChI=1S/C17H26N4O.HI/c1-3-18-17(19-9-12-22-2)20-14-15-7-6-8-16(13-15)21-10-4-5-11-21;/h4-8,13H,3,9-12,14H2,1-2H3,(H2,18,19,20);1H. The SMILES string of the molecule is CCNC(=NCc1cccc(N2CC=CC2)c1)NCCOC.I. The highest BCUT2D eigenvalue weighted by atomic mass is 127. The first-order valence-electron chi connectivity index (χ1n) is 7.83. The number of benzene rings is 1. The number of aliphatic imine (C=N–C) groups is 1. The normalized spacial score (nSPS) is 13.8. The Kier molecular flexibility index (Phi) is 9.70. The van der Waals surface area contributed by atoms with Gasteiger partial charge in [-0.2, -0.15) is 0 Å². The van der Waals surface area contributed by atoms with E-state index in [9.17, 15) is 0 Å². The second kappa shape index (κ2) is 11.3. The average Bonchev–Trinajstić information content (AvgIpc) is 3.07. The van der Waals surface area contributed by atoms with E-state index in [1.807, 2.05) is 0 Å². The van der Waals surface area contributed by atoms with Crippen LogP contribution in [0.25, 0.3) is 0 Å². The highest BCUT2D eigenvalue weighted by Gasteiger charge is 2.07. The number of nitrogens with one attached hydrogen (secondary N) is 2. The molecule has 0 saturated carbocycles. The van der Waals surface area contributed by atoms with E-state index >= 15 is 0 Å². The zero-order valence-electron chi connectivity index (χ0n) is 13.9. The number of hydrogen-bond donors (Lipinski definition) is 2. The Labute approximate surface area is 156 Å². The average molecular weight is 430 g/mol. The van der Waals surface area contributed by atoms with Crippen LogP contribution in [-0.2, 0) is 11.3 Å². The summed E-state index contributed by atoms with van der Waals surface area (Å²) < 4.78 is 5.05. The molecule has 23 heavy (non-hydrogen) atoms. The summed E-state index contributed by atoms with van der Waals surface area (Å²) in [6.45, 7) is 6.98. The number of nitrogens with zero attached hydrogens (tertiary/aromatic N) is 2. The zero-order valence-corrected chi connectivity index (χ0v) is 16.2. The molecular weight excluding hydrogens is 403 g/mol. The Morgan fingerprint density at radius 1 is 1.26 bits per heavy atom. The lowest BCUT2D eigenvalue weighted by Crippen LogP contribution is -2.38. The van der Waals surface area contributed by atoms with Gasteiger partial charge < -0.3 is 20.3 Å². The molecular formula is C17H27IN4O. The molecule has 0 radical (unpaired) electrons. The van der Waals surface area contributed by atoms with Crippen LogP contribution in [0.4, 0.5) is 5.69 Å². The number of anilines is 1. The Morgan fingerprint density at radius 2 is 2.04 bits per heavy atom. The van der Waals surface area contributed by atoms with Gasteiger partial charge in [0.1, 0.15) is 0 Å². The quantitative estimate of drug-likeness (QED) is 0.229. The third-order valence-electron chi connectivity index (χ3n) is 3.46. The molecule has 1 aliphatic rings. The largest absolute Gasteiger partial charge is 0.383 e. The monoisotopic (exact) mass is 430 g/mol. The molecule has 1 aromatic carbocycles. The molecule has 2 rings (SSSR count). The van der Waals surface area contributed by atoms with Gasteiger partial charge in [-0.15, -0.1) is 24.0 Å². The predicted molar refractivity (Wildman–Crippen MR) is 108 cm³/mol. The first-order chi connectivity index (χ1) is 10.8. The molecule has 1 aliphatic heterocycles. The van der Waals surface area contributed by atoms with E-state index in [0.717, 1.165) is 32.1 Å². The molecule has 128 valence electrons. The summed E-state index contributed by atoms with van der Waals surface area (Å²) in [6.07, 6.45) is 4.40. The van der Waals surface area contributed by atoms with Crippen LogP contribution < -0.4 is 15.5 Å². The van der Waals surface area contributed by atoms with Crippen LogP contribution in [-0.4, -0.2) is 45.9 Å². The Bertz CT molecular complexity index is 511. The van der Waals surface area contributed by atoms with Crippen LogP contribution in [0.5, 0.6) is 0 Å². The molecule has 6 heteroatoms. The van der Waals surface area contributed by atoms with Crippen molar-refractivity contribution in [2.75, 3.05) is 44.8 Å². The third-order valence-corrected chi connectivity index (χ3v) is 3.46. The van der Waals surface area contributed by atoms with E-state index in [2.05, 4.69) is 63.9 Å². The van der Waals surface area contributed by atoms with Gasteiger partial charge in [0.25, 0.3) is 0 Å². The van der Waals surface area contributed by atoms with Crippen molar-refractivity contribution >= 4 is 35.6 Å². The summed E-state index contributed by atoms with van der Waals surface area (Å²) in [7, 11) is 1.70. The van der Waals surface area contributed by atoms with Crippen molar-refractivity contribution in [3.8, 4) is 0 Å². The van der Waals surface area contributed by atoms with Crippen molar-refractivity contribution in [1.82, 2.24) is 10.6 Å². The summed E-state index contributed by atoms with van der Waals surface area (Å²) in [6, 6.07) is 8.59. The van der Waals surface area contributed by atoms with Crippen LogP contribution >= 0.6 is 24.0 Å². The number of ether oxygens (including phenoxy) is 1. The minimum atomic E-state index is 0. The summed E-state index contributed by atoms with van der Waals surface area (Å²) in [5.74, 6) is 0.827. The van der Waals surface area contributed by atoms with Crippen molar-refractivity contribution in [1.29, 1.82) is 0 Å². The lowest BCUT2D eigenvalue weighted by molar-refractivity contribution is 0.203. The molecule has 0 amide bonds. The summed E-state index contributed by atoms with van der Waals surface area (Å²) in [4.78, 5) is 6.97. The molecule has 0 bridgehead atoms. The first kappa shape index (κ1) is 19.8. The Balaban J connectivity index is 0.00000264. The molecule has 0 saturated heterocycles. The van der Waals surface area contributed by atoms with E-state index in [-0.39, 0.29) is 24.0 Å². The zero-order chi connectivity index (χ0) is 15.6. The second-order valence-corrected chi connectivity index (χ2v) is 5.16. The maximum absolute atomic E-state index is 5.05. The van der Waals surface area contributed by atoms with Gasteiger partial charge >= 0.3 is 0 Å². The molecule has 1 aromatic rings. The van der Waals surface area contributed by atoms with E-state index in [4.69, 9.17) is 4.74 Å². The van der Waals surface area contributed by atoms with Crippen molar-refractivity contribution in [2.45, 2.75) is 13.5 Å². The van der Waals surface area contributed by atoms with Gasteiger partial charge in [-0.05, 0) is 24.6 Å². The fraction of sp³-hybridized carbons (Fsp3) is 0.471. The third kappa shape index (κ3) is 6.78. The first-order valence-corrected chi connectivity index (χ1v) is 7.83. The molecule has 2 N–H and O–H groups in total. The Morgan fingerprint density at radius 3 is 2.74 bits per heavy atom. The van der Waals surface area contributed by atoms with Gasteiger partial charge in [0.15, 0.2) is 5.96 Å². The molecule has 5 nitrogen and oxygen atoms in total. The summed E-state index contributed by atoms with van der Waals surface area (Å²) >= 11 is 0. The summed E-state index contributed by atoms with van der Waals surface area (Å²) in [5.41, 5.74) is 2.48. The van der Waals surface area contributed by atoms with E-state index in [0.29, 0.717) is 13.2 Å². The second-order valence-electron chi connectivity index (χ2n) is 5.16. The summed E-state index contributed by atoms with van der Waals surface area (Å²) in [5, 5.41) is 6.50. The number of rotatable bonds is 7. The molecule has 0 fully saturated rings. The van der Waals surface area contributed by atoms with E-state index in [1.165, 1.54) is 11.3 Å². The van der Waals surface area contributed by atoms with Crippen LogP contribution in [0.1, 0.15) is 12.5 Å². The maximum Gasteiger partial charge on any atom is 0.191 e. The Hall–Kier alpha value is -1.28. The molecule has 0 atom stereocenters. The van der Waals surface area contributed by atoms with Crippen LogP contribution in [0.2, 0.25) is 0 Å². The smallest absolute Gasteiger partial charge is 0.191 e. The maximum atomic E-state index is 5.05. The van der Waals surface area contributed by atoms with Gasteiger partial charge in [0.2, 0.25) is 0 Å². The van der Waals surface area contributed by atoms with Crippen LogP contribution in [0, 0.1) is 0 Å². The van der Waals surface area contributed by atoms with E-state index in [1.54, 1.807) is 7.11 Å². The van der Waals surface area contributed by atoms with Gasteiger partial charge in [0.05, 0.1) is 13.2 Å². The molecule has 0 unspecified atom stereocenters. The van der Waals surface area contributed by atoms with Crippen molar-refractivity contribution in [3.05, 3.63) is 42.0 Å². The van der Waals surface area contributed by atoms with E-state index < -0.39 is 0 Å². The lowest BCUT2D eigenvalue weighted by atomic mass is 10.2.